The lowest BCUT2D eigenvalue weighted by atomic mass is 10.1. The van der Waals surface area contributed by atoms with Crippen molar-refractivity contribution in [3.05, 3.63) is 34.8 Å². The zero-order chi connectivity index (χ0) is 14.4. The number of aryl methyl sites for hydroxylation is 1. The molecule has 6 heteroatoms. The van der Waals surface area contributed by atoms with Gasteiger partial charge in [-0.15, -0.1) is 11.3 Å². The Kier molecular flexibility index (Phi) is 3.08. The fraction of sp³-hybridized carbons (Fsp3) is 0.467. The molecule has 2 aromatic rings. The highest BCUT2D eigenvalue weighted by Crippen LogP contribution is 2.36. The van der Waals surface area contributed by atoms with Crippen molar-refractivity contribution in [2.24, 2.45) is 7.05 Å². The number of carbonyl (C=O) groups is 1. The van der Waals surface area contributed by atoms with E-state index in [-0.39, 0.29) is 5.91 Å². The monoisotopic (exact) mass is 302 g/mol. The smallest absolute Gasteiger partial charge is 0.229 e. The number of fused-ring (bicyclic) bond motifs is 1. The Morgan fingerprint density at radius 2 is 2.33 bits per heavy atom. The summed E-state index contributed by atoms with van der Waals surface area (Å²) >= 11 is 1.79. The topological polar surface area (TPSA) is 41.4 Å². The van der Waals surface area contributed by atoms with Crippen LogP contribution in [0.5, 0.6) is 0 Å². The Hall–Kier alpha value is -1.66. The first-order valence-corrected chi connectivity index (χ1v) is 8.17. The molecule has 4 heterocycles. The minimum atomic E-state index is 0.230. The van der Waals surface area contributed by atoms with Crippen molar-refractivity contribution in [1.82, 2.24) is 14.7 Å². The third-order valence-corrected chi connectivity index (χ3v) is 5.38. The zero-order valence-electron chi connectivity index (χ0n) is 12.0. The van der Waals surface area contributed by atoms with E-state index in [9.17, 15) is 4.79 Å². The summed E-state index contributed by atoms with van der Waals surface area (Å²) in [4.78, 5) is 18.2. The molecule has 0 spiro atoms. The molecule has 2 aliphatic rings. The van der Waals surface area contributed by atoms with Gasteiger partial charge in [-0.3, -0.25) is 14.4 Å². The number of carbonyl (C=O) groups excluding carboxylic acids is 1. The highest BCUT2D eigenvalue weighted by molar-refractivity contribution is 7.09. The summed E-state index contributed by atoms with van der Waals surface area (Å²) in [7, 11) is 1.89. The molecule has 0 N–H and O–H groups in total. The maximum Gasteiger partial charge on any atom is 0.229 e. The number of likely N-dealkylation sites (tertiary alicyclic amines) is 1. The predicted octanol–water partition coefficient (Wildman–Crippen LogP) is 1.86. The van der Waals surface area contributed by atoms with Gasteiger partial charge in [-0.1, -0.05) is 6.07 Å². The van der Waals surface area contributed by atoms with Gasteiger partial charge in [-0.2, -0.15) is 5.10 Å². The summed E-state index contributed by atoms with van der Waals surface area (Å²) in [5, 5.41) is 6.32. The van der Waals surface area contributed by atoms with Crippen LogP contribution in [0.15, 0.2) is 29.9 Å². The number of hydrogen-bond acceptors (Lipinski definition) is 4. The van der Waals surface area contributed by atoms with E-state index in [1.165, 1.54) is 4.88 Å². The van der Waals surface area contributed by atoms with E-state index in [1.54, 1.807) is 22.2 Å². The second kappa shape index (κ2) is 4.96. The first-order chi connectivity index (χ1) is 10.2. The molecule has 2 aromatic heterocycles. The number of hydrogen-bond donors (Lipinski definition) is 0. The van der Waals surface area contributed by atoms with E-state index < -0.39 is 0 Å². The van der Waals surface area contributed by atoms with Gasteiger partial charge in [0.2, 0.25) is 5.91 Å². The van der Waals surface area contributed by atoms with Crippen LogP contribution >= 0.6 is 11.3 Å². The molecule has 110 valence electrons. The summed E-state index contributed by atoms with van der Waals surface area (Å²) in [6.45, 7) is 2.03. The van der Waals surface area contributed by atoms with Gasteiger partial charge in [-0.05, 0) is 17.9 Å². The van der Waals surface area contributed by atoms with Gasteiger partial charge in [0.05, 0.1) is 17.9 Å². The molecule has 0 bridgehead atoms. The molecule has 4 rings (SSSR count). The molecule has 2 atom stereocenters. The fourth-order valence-electron chi connectivity index (χ4n) is 3.60. The van der Waals surface area contributed by atoms with Gasteiger partial charge in [0.15, 0.2) is 0 Å². The lowest BCUT2D eigenvalue weighted by Crippen LogP contribution is -2.36. The van der Waals surface area contributed by atoms with Crippen LogP contribution < -0.4 is 4.90 Å². The molecule has 0 aromatic carbocycles. The van der Waals surface area contributed by atoms with Crippen LogP contribution in [0.25, 0.3) is 0 Å². The number of aromatic nitrogens is 2. The lowest BCUT2D eigenvalue weighted by Gasteiger charge is -2.24. The third kappa shape index (κ3) is 2.18. The Labute approximate surface area is 127 Å². The maximum absolute atomic E-state index is 12.4. The number of amides is 1. The van der Waals surface area contributed by atoms with Crippen LogP contribution in [0, 0.1) is 0 Å². The largest absolute Gasteiger partial charge is 0.305 e. The molecule has 1 amide bonds. The normalized spacial score (nSPS) is 25.8. The molecule has 2 saturated heterocycles. The van der Waals surface area contributed by atoms with Crippen molar-refractivity contribution in [1.29, 1.82) is 0 Å². The van der Waals surface area contributed by atoms with Crippen molar-refractivity contribution < 1.29 is 4.79 Å². The highest BCUT2D eigenvalue weighted by atomic mass is 32.1. The van der Waals surface area contributed by atoms with Crippen LogP contribution in [-0.4, -0.2) is 39.2 Å². The third-order valence-electron chi connectivity index (χ3n) is 4.52. The van der Waals surface area contributed by atoms with E-state index in [1.807, 2.05) is 18.1 Å². The second-order valence-electron chi connectivity index (χ2n) is 5.81. The summed E-state index contributed by atoms with van der Waals surface area (Å²) in [6, 6.07) is 4.92. The zero-order valence-corrected chi connectivity index (χ0v) is 12.8. The Balaban J connectivity index is 1.55. The van der Waals surface area contributed by atoms with E-state index in [4.69, 9.17) is 0 Å². The van der Waals surface area contributed by atoms with Crippen LogP contribution in [0.3, 0.4) is 0 Å². The molecule has 2 fully saturated rings. The molecule has 5 nitrogen and oxygen atoms in total. The minimum absolute atomic E-state index is 0.230. The van der Waals surface area contributed by atoms with Crippen molar-refractivity contribution in [2.45, 2.75) is 31.5 Å². The van der Waals surface area contributed by atoms with Crippen LogP contribution in [0.1, 0.15) is 17.7 Å². The van der Waals surface area contributed by atoms with Gasteiger partial charge in [0, 0.05) is 43.7 Å². The Bertz CT molecular complexity index is 650. The number of rotatable bonds is 3. The first-order valence-electron chi connectivity index (χ1n) is 7.29. The quantitative estimate of drug-likeness (QED) is 0.869. The Morgan fingerprint density at radius 3 is 3.05 bits per heavy atom. The second-order valence-corrected chi connectivity index (χ2v) is 6.85. The van der Waals surface area contributed by atoms with Crippen molar-refractivity contribution in [3.63, 3.8) is 0 Å². The van der Waals surface area contributed by atoms with Crippen LogP contribution in [0.2, 0.25) is 0 Å². The fourth-order valence-corrected chi connectivity index (χ4v) is 4.32. The summed E-state index contributed by atoms with van der Waals surface area (Å²) in [5.41, 5.74) is 0.938. The molecule has 2 aliphatic heterocycles. The summed E-state index contributed by atoms with van der Waals surface area (Å²) < 4.78 is 1.76. The van der Waals surface area contributed by atoms with E-state index in [2.05, 4.69) is 27.5 Å². The van der Waals surface area contributed by atoms with E-state index in [0.717, 1.165) is 25.2 Å². The predicted molar refractivity (Wildman–Crippen MR) is 82.2 cm³/mol. The molecule has 0 saturated carbocycles. The van der Waals surface area contributed by atoms with Crippen molar-refractivity contribution in [2.75, 3.05) is 11.4 Å². The van der Waals surface area contributed by atoms with Crippen LogP contribution in [0.4, 0.5) is 5.69 Å². The van der Waals surface area contributed by atoms with Gasteiger partial charge in [0.1, 0.15) is 0 Å². The SMILES string of the molecule is Cn1cc(N2C(=O)C[C@@H]3[C@@H]2CCN3Cc2cccs2)cn1. The highest BCUT2D eigenvalue weighted by Gasteiger charge is 2.47. The van der Waals surface area contributed by atoms with Crippen molar-refractivity contribution >= 4 is 22.9 Å². The molecular formula is C15H18N4OS. The number of anilines is 1. The maximum atomic E-state index is 12.4. The summed E-state index contributed by atoms with van der Waals surface area (Å²) in [5.74, 6) is 0.230. The summed E-state index contributed by atoms with van der Waals surface area (Å²) in [6.07, 6.45) is 5.41. The van der Waals surface area contributed by atoms with Gasteiger partial charge in [0.25, 0.3) is 0 Å². The number of nitrogens with zero attached hydrogens (tertiary/aromatic N) is 4. The van der Waals surface area contributed by atoms with Crippen molar-refractivity contribution in [3.8, 4) is 0 Å². The van der Waals surface area contributed by atoms with Gasteiger partial charge < -0.3 is 4.90 Å². The van der Waals surface area contributed by atoms with Gasteiger partial charge >= 0.3 is 0 Å². The first kappa shape index (κ1) is 13.0. The number of thiophene rings is 1. The van der Waals surface area contributed by atoms with Crippen LogP contribution in [-0.2, 0) is 18.4 Å². The lowest BCUT2D eigenvalue weighted by molar-refractivity contribution is -0.117. The molecular weight excluding hydrogens is 284 g/mol. The minimum Gasteiger partial charge on any atom is -0.305 e. The molecule has 0 aliphatic carbocycles. The molecule has 0 radical (unpaired) electrons. The average Bonchev–Trinajstić information content (AvgIpc) is 3.18. The van der Waals surface area contributed by atoms with Gasteiger partial charge in [-0.25, -0.2) is 0 Å². The standard InChI is InChI=1S/C15H18N4OS/c1-17-9-11(8-16-17)19-13-4-5-18(14(13)7-15(19)20)10-12-3-2-6-21-12/h2-3,6,8-9,13-14H,4-5,7,10H2,1H3/t13-,14+/m0/s1. The molecule has 21 heavy (non-hydrogen) atoms. The average molecular weight is 302 g/mol. The van der Waals surface area contributed by atoms with E-state index in [0.29, 0.717) is 18.5 Å². The molecule has 0 unspecified atom stereocenters. The Morgan fingerprint density at radius 1 is 1.43 bits per heavy atom. The van der Waals surface area contributed by atoms with E-state index >= 15 is 0 Å².